The van der Waals surface area contributed by atoms with Crippen LogP contribution in [0.3, 0.4) is 0 Å². The van der Waals surface area contributed by atoms with Gasteiger partial charge >= 0.3 is 0 Å². The SMILES string of the molecule is CSc1c(C)nc2cc(-c3ccccc3F)[nH]n2c1=O. The van der Waals surface area contributed by atoms with Gasteiger partial charge in [0.1, 0.15) is 5.82 Å². The Kier molecular flexibility index (Phi) is 3.10. The first-order chi connectivity index (χ1) is 9.61. The zero-order valence-electron chi connectivity index (χ0n) is 11.0. The molecule has 0 saturated heterocycles. The molecule has 3 aromatic rings. The van der Waals surface area contributed by atoms with Crippen molar-refractivity contribution in [2.45, 2.75) is 11.8 Å². The van der Waals surface area contributed by atoms with E-state index in [9.17, 15) is 9.18 Å². The third-order valence-corrected chi connectivity index (χ3v) is 3.99. The van der Waals surface area contributed by atoms with E-state index in [-0.39, 0.29) is 11.4 Å². The second kappa shape index (κ2) is 4.79. The van der Waals surface area contributed by atoms with Crippen LogP contribution in [0.4, 0.5) is 4.39 Å². The molecule has 0 aliphatic rings. The summed E-state index contributed by atoms with van der Waals surface area (Å²) in [6.07, 6.45) is 1.83. The molecule has 3 rings (SSSR count). The minimum atomic E-state index is -0.339. The number of hydrogen-bond acceptors (Lipinski definition) is 3. The fraction of sp³-hybridized carbons (Fsp3) is 0.143. The third-order valence-electron chi connectivity index (χ3n) is 3.11. The van der Waals surface area contributed by atoms with E-state index >= 15 is 0 Å². The highest BCUT2D eigenvalue weighted by molar-refractivity contribution is 7.98. The Balaban J connectivity index is 2.29. The fourth-order valence-corrected chi connectivity index (χ4v) is 2.78. The highest BCUT2D eigenvalue weighted by Gasteiger charge is 2.13. The van der Waals surface area contributed by atoms with E-state index < -0.39 is 0 Å². The molecule has 0 saturated carbocycles. The summed E-state index contributed by atoms with van der Waals surface area (Å²) in [5, 5.41) is 2.91. The molecule has 0 amide bonds. The Morgan fingerprint density at radius 2 is 2.10 bits per heavy atom. The molecular formula is C14H12FN3OS. The van der Waals surface area contributed by atoms with Gasteiger partial charge in [0.2, 0.25) is 0 Å². The zero-order chi connectivity index (χ0) is 14.3. The molecule has 1 aromatic carbocycles. The van der Waals surface area contributed by atoms with Crippen LogP contribution in [-0.2, 0) is 0 Å². The van der Waals surface area contributed by atoms with Crippen LogP contribution in [0.1, 0.15) is 5.69 Å². The summed E-state index contributed by atoms with van der Waals surface area (Å²) in [6.45, 7) is 1.79. The van der Waals surface area contributed by atoms with E-state index in [0.717, 1.165) is 0 Å². The lowest BCUT2D eigenvalue weighted by Gasteiger charge is -2.01. The highest BCUT2D eigenvalue weighted by atomic mass is 32.2. The summed E-state index contributed by atoms with van der Waals surface area (Å²) in [4.78, 5) is 17.2. The summed E-state index contributed by atoms with van der Waals surface area (Å²) in [5.74, 6) is -0.339. The van der Waals surface area contributed by atoms with Crippen LogP contribution in [0.2, 0.25) is 0 Å². The molecule has 20 heavy (non-hydrogen) atoms. The first-order valence-corrected chi connectivity index (χ1v) is 7.25. The van der Waals surface area contributed by atoms with Crippen LogP contribution < -0.4 is 5.56 Å². The molecule has 6 heteroatoms. The van der Waals surface area contributed by atoms with Crippen molar-refractivity contribution in [2.24, 2.45) is 0 Å². The number of rotatable bonds is 2. The number of aromatic amines is 1. The average Bonchev–Trinajstić information content (AvgIpc) is 2.83. The molecule has 4 nitrogen and oxygen atoms in total. The van der Waals surface area contributed by atoms with Gasteiger partial charge in [0, 0.05) is 11.6 Å². The Hall–Kier alpha value is -2.08. The number of benzene rings is 1. The quantitative estimate of drug-likeness (QED) is 0.738. The summed E-state index contributed by atoms with van der Waals surface area (Å²) in [6, 6.07) is 8.10. The maximum atomic E-state index is 13.8. The number of thioether (sulfide) groups is 1. The van der Waals surface area contributed by atoms with Crippen LogP contribution >= 0.6 is 11.8 Å². The van der Waals surface area contributed by atoms with Crippen molar-refractivity contribution in [1.29, 1.82) is 0 Å². The van der Waals surface area contributed by atoms with Gasteiger partial charge in [-0.25, -0.2) is 13.9 Å². The molecule has 0 atom stereocenters. The first kappa shape index (κ1) is 12.9. The minimum Gasteiger partial charge on any atom is -0.289 e. The summed E-state index contributed by atoms with van der Waals surface area (Å²) < 4.78 is 15.1. The van der Waals surface area contributed by atoms with Crippen LogP contribution in [0, 0.1) is 12.7 Å². The molecule has 102 valence electrons. The summed E-state index contributed by atoms with van der Waals surface area (Å²) >= 11 is 1.36. The van der Waals surface area contributed by atoms with Crippen LogP contribution in [0.5, 0.6) is 0 Å². The Morgan fingerprint density at radius 1 is 1.35 bits per heavy atom. The number of hydrogen-bond donors (Lipinski definition) is 1. The molecule has 0 fully saturated rings. The molecule has 0 radical (unpaired) electrons. The number of aryl methyl sites for hydroxylation is 1. The lowest BCUT2D eigenvalue weighted by Crippen LogP contribution is -2.18. The van der Waals surface area contributed by atoms with Gasteiger partial charge < -0.3 is 0 Å². The molecule has 0 bridgehead atoms. The molecule has 0 spiro atoms. The number of H-pyrrole nitrogens is 1. The number of nitrogens with one attached hydrogen (secondary N) is 1. The second-order valence-electron chi connectivity index (χ2n) is 4.38. The topological polar surface area (TPSA) is 50.2 Å². The van der Waals surface area contributed by atoms with Gasteiger partial charge in [0.15, 0.2) is 5.65 Å². The van der Waals surface area contributed by atoms with Crippen molar-refractivity contribution in [2.75, 3.05) is 6.26 Å². The maximum Gasteiger partial charge on any atom is 0.286 e. The summed E-state index contributed by atoms with van der Waals surface area (Å²) in [5.41, 5.74) is 1.96. The smallest absolute Gasteiger partial charge is 0.286 e. The van der Waals surface area contributed by atoms with E-state index in [1.165, 1.54) is 22.3 Å². The van der Waals surface area contributed by atoms with Crippen LogP contribution in [-0.4, -0.2) is 20.9 Å². The molecule has 0 unspecified atom stereocenters. The highest BCUT2D eigenvalue weighted by Crippen LogP contribution is 2.22. The van der Waals surface area contributed by atoms with Gasteiger partial charge in [-0.3, -0.25) is 9.89 Å². The van der Waals surface area contributed by atoms with Crippen molar-refractivity contribution in [3.63, 3.8) is 0 Å². The van der Waals surface area contributed by atoms with E-state index in [1.807, 2.05) is 6.26 Å². The van der Waals surface area contributed by atoms with Crippen molar-refractivity contribution in [3.05, 3.63) is 52.2 Å². The van der Waals surface area contributed by atoms with Gasteiger partial charge in [-0.2, -0.15) is 0 Å². The van der Waals surface area contributed by atoms with E-state index in [2.05, 4.69) is 10.1 Å². The predicted octanol–water partition coefficient (Wildman–Crippen LogP) is 2.86. The minimum absolute atomic E-state index is 0.164. The monoisotopic (exact) mass is 289 g/mol. The van der Waals surface area contributed by atoms with Crippen molar-refractivity contribution in [3.8, 4) is 11.3 Å². The average molecular weight is 289 g/mol. The molecule has 2 aromatic heterocycles. The maximum absolute atomic E-state index is 13.8. The van der Waals surface area contributed by atoms with E-state index in [1.54, 1.807) is 31.2 Å². The molecule has 2 heterocycles. The van der Waals surface area contributed by atoms with Gasteiger partial charge in [0.05, 0.1) is 16.3 Å². The molecule has 1 N–H and O–H groups in total. The van der Waals surface area contributed by atoms with Gasteiger partial charge in [-0.1, -0.05) is 12.1 Å². The molecule has 0 aliphatic heterocycles. The van der Waals surface area contributed by atoms with Gasteiger partial charge in [0.25, 0.3) is 5.56 Å². The predicted molar refractivity (Wildman–Crippen MR) is 77.7 cm³/mol. The van der Waals surface area contributed by atoms with E-state index in [4.69, 9.17) is 0 Å². The largest absolute Gasteiger partial charge is 0.289 e. The summed E-state index contributed by atoms with van der Waals surface area (Å²) in [7, 11) is 0. The second-order valence-corrected chi connectivity index (χ2v) is 5.20. The van der Waals surface area contributed by atoms with Crippen LogP contribution in [0.15, 0.2) is 40.0 Å². The Labute approximate surface area is 118 Å². The van der Waals surface area contributed by atoms with Crippen molar-refractivity contribution < 1.29 is 4.39 Å². The normalized spacial score (nSPS) is 11.2. The lowest BCUT2D eigenvalue weighted by atomic mass is 10.1. The van der Waals surface area contributed by atoms with Crippen molar-refractivity contribution in [1.82, 2.24) is 14.6 Å². The standard InChI is InChI=1S/C14H12FN3OS/c1-8-13(20-2)14(19)18-12(16-8)7-11(17-18)9-5-3-4-6-10(9)15/h3-7,17H,1-2H3. The molecular weight excluding hydrogens is 277 g/mol. The van der Waals surface area contributed by atoms with Gasteiger partial charge in [-0.15, -0.1) is 11.8 Å². The first-order valence-electron chi connectivity index (χ1n) is 6.03. The number of fused-ring (bicyclic) bond motifs is 1. The van der Waals surface area contributed by atoms with E-state index in [0.29, 0.717) is 27.5 Å². The number of nitrogens with zero attached hydrogens (tertiary/aromatic N) is 2. The van der Waals surface area contributed by atoms with Crippen LogP contribution in [0.25, 0.3) is 16.9 Å². The Morgan fingerprint density at radius 3 is 2.80 bits per heavy atom. The van der Waals surface area contributed by atoms with Crippen molar-refractivity contribution >= 4 is 17.4 Å². The Bertz CT molecular complexity index is 853. The third kappa shape index (κ3) is 1.92. The molecule has 0 aliphatic carbocycles. The number of halogens is 1. The fourth-order valence-electron chi connectivity index (χ4n) is 2.17. The van der Waals surface area contributed by atoms with Gasteiger partial charge in [-0.05, 0) is 25.3 Å². The number of aromatic nitrogens is 3. The lowest BCUT2D eigenvalue weighted by molar-refractivity contribution is 0.630. The zero-order valence-corrected chi connectivity index (χ0v) is 11.8.